The molecule has 5 atom stereocenters. The van der Waals surface area contributed by atoms with E-state index >= 15 is 0 Å². The van der Waals surface area contributed by atoms with Crippen LogP contribution >= 0.6 is 0 Å². The molecule has 0 radical (unpaired) electrons. The van der Waals surface area contributed by atoms with Gasteiger partial charge in [0.2, 0.25) is 0 Å². The molecule has 3 rings (SSSR count). The zero-order valence-electron chi connectivity index (χ0n) is 20.5. The summed E-state index contributed by atoms with van der Waals surface area (Å²) in [6.07, 6.45) is 11.6. The fourth-order valence-electron chi connectivity index (χ4n) is 6.71. The zero-order valence-corrected chi connectivity index (χ0v) is 20.5. The Hall–Kier alpha value is -2.33. The van der Waals surface area contributed by atoms with Gasteiger partial charge in [0.25, 0.3) is 0 Å². The number of rotatable bonds is 8. The van der Waals surface area contributed by atoms with Crippen LogP contribution in [-0.4, -0.2) is 28.4 Å². The van der Waals surface area contributed by atoms with Crippen molar-refractivity contribution in [3.05, 3.63) is 60.7 Å². The first-order valence-corrected chi connectivity index (χ1v) is 12.2. The van der Waals surface area contributed by atoms with Gasteiger partial charge in [0.1, 0.15) is 5.75 Å². The molecule has 1 aromatic carbocycles. The van der Waals surface area contributed by atoms with Crippen molar-refractivity contribution in [1.29, 1.82) is 0 Å². The monoisotopic (exact) mass is 452 g/mol. The minimum absolute atomic E-state index is 0.00944. The van der Waals surface area contributed by atoms with Crippen molar-refractivity contribution in [3.63, 3.8) is 0 Å². The smallest absolute Gasteiger partial charge is 0.330 e. The maximum Gasteiger partial charge on any atom is 0.330 e. The van der Waals surface area contributed by atoms with Crippen LogP contribution < -0.4 is 0 Å². The SMILES string of the molecule is C=CC(=C)CC[C@@H]1[C@]2(C)CCC[C@](C)(COC(=O)C=Cc3ccc(O)cc3)[C@H]2CC[C@@]1(C)O. The number of hydrogen-bond donors (Lipinski definition) is 2. The predicted molar refractivity (Wildman–Crippen MR) is 134 cm³/mol. The third-order valence-corrected chi connectivity index (χ3v) is 8.48. The van der Waals surface area contributed by atoms with E-state index in [0.717, 1.165) is 56.1 Å². The molecule has 180 valence electrons. The number of phenolic OH excluding ortho intramolecular Hbond substituents is 1. The Labute approximate surface area is 199 Å². The van der Waals surface area contributed by atoms with Gasteiger partial charge in [-0.2, -0.15) is 0 Å². The van der Waals surface area contributed by atoms with Gasteiger partial charge < -0.3 is 14.9 Å². The maximum absolute atomic E-state index is 12.5. The number of carbonyl (C=O) groups is 1. The highest BCUT2D eigenvalue weighted by Gasteiger charge is 2.59. The van der Waals surface area contributed by atoms with Gasteiger partial charge >= 0.3 is 5.97 Å². The number of aliphatic hydroxyl groups is 1. The molecular weight excluding hydrogens is 412 g/mol. The van der Waals surface area contributed by atoms with Gasteiger partial charge in [0.05, 0.1) is 12.2 Å². The molecule has 2 fully saturated rings. The second-order valence-corrected chi connectivity index (χ2v) is 10.9. The normalized spacial score (nSPS) is 33.9. The molecule has 0 aliphatic heterocycles. The number of esters is 1. The number of ether oxygens (including phenoxy) is 1. The lowest BCUT2D eigenvalue weighted by molar-refractivity contribution is -0.185. The first-order chi connectivity index (χ1) is 15.5. The van der Waals surface area contributed by atoms with E-state index in [9.17, 15) is 15.0 Å². The van der Waals surface area contributed by atoms with Crippen molar-refractivity contribution in [3.8, 4) is 5.75 Å². The summed E-state index contributed by atoms with van der Waals surface area (Å²) in [6, 6.07) is 6.69. The van der Waals surface area contributed by atoms with Crippen LogP contribution in [0.1, 0.15) is 71.3 Å². The molecular formula is C29H40O4. The molecule has 4 heteroatoms. The largest absolute Gasteiger partial charge is 0.508 e. The summed E-state index contributed by atoms with van der Waals surface area (Å²) in [6.45, 7) is 14.9. The molecule has 4 nitrogen and oxygen atoms in total. The Morgan fingerprint density at radius 1 is 1.18 bits per heavy atom. The van der Waals surface area contributed by atoms with Crippen LogP contribution in [0.3, 0.4) is 0 Å². The number of hydrogen-bond acceptors (Lipinski definition) is 4. The van der Waals surface area contributed by atoms with E-state index in [2.05, 4.69) is 27.0 Å². The van der Waals surface area contributed by atoms with Crippen LogP contribution in [0.15, 0.2) is 55.1 Å². The molecule has 0 saturated heterocycles. The van der Waals surface area contributed by atoms with E-state index < -0.39 is 5.60 Å². The van der Waals surface area contributed by atoms with Crippen LogP contribution in [0.2, 0.25) is 0 Å². The Kier molecular flexibility index (Phi) is 7.58. The lowest BCUT2D eigenvalue weighted by Crippen LogP contribution is -2.59. The van der Waals surface area contributed by atoms with Gasteiger partial charge in [-0.05, 0) is 86.5 Å². The lowest BCUT2D eigenvalue weighted by Gasteiger charge is -2.61. The van der Waals surface area contributed by atoms with E-state index in [4.69, 9.17) is 4.74 Å². The van der Waals surface area contributed by atoms with Crippen molar-refractivity contribution < 1.29 is 19.7 Å². The Bertz CT molecular complexity index is 897. The fraction of sp³-hybridized carbons (Fsp3) is 0.552. The fourth-order valence-corrected chi connectivity index (χ4v) is 6.71. The molecule has 2 saturated carbocycles. The molecule has 0 aromatic heterocycles. The minimum Gasteiger partial charge on any atom is -0.508 e. The summed E-state index contributed by atoms with van der Waals surface area (Å²) in [7, 11) is 0. The summed E-state index contributed by atoms with van der Waals surface area (Å²) in [5.41, 5.74) is 1.03. The number of benzene rings is 1. The molecule has 0 amide bonds. The van der Waals surface area contributed by atoms with Gasteiger partial charge in [0.15, 0.2) is 0 Å². The molecule has 2 aliphatic rings. The zero-order chi connectivity index (χ0) is 24.3. The van der Waals surface area contributed by atoms with E-state index in [-0.39, 0.29) is 28.5 Å². The van der Waals surface area contributed by atoms with Crippen LogP contribution in [0.25, 0.3) is 6.08 Å². The lowest BCUT2D eigenvalue weighted by atomic mass is 9.45. The van der Waals surface area contributed by atoms with Gasteiger partial charge in [-0.15, -0.1) is 0 Å². The molecule has 0 bridgehead atoms. The Balaban J connectivity index is 1.71. The highest BCUT2D eigenvalue weighted by atomic mass is 16.5. The standard InChI is InChI=1S/C29H40O4/c1-6-21(2)8-14-25-28(4)18-7-17-27(3,24(28)16-19-29(25,5)32)20-33-26(31)15-11-22-9-12-23(30)13-10-22/h6,9-13,15,24-25,30,32H,1-2,7-8,14,16-20H2,3-5H3/t24-,25-,27-,28-,29-/m1/s1. The summed E-state index contributed by atoms with van der Waals surface area (Å²) in [4.78, 5) is 12.5. The van der Waals surface area contributed by atoms with Crippen molar-refractivity contribution in [2.24, 2.45) is 22.7 Å². The molecule has 0 spiro atoms. The number of allylic oxidation sites excluding steroid dienone is 2. The molecule has 33 heavy (non-hydrogen) atoms. The summed E-state index contributed by atoms with van der Waals surface area (Å²) >= 11 is 0. The van der Waals surface area contributed by atoms with Crippen LogP contribution in [0.5, 0.6) is 5.75 Å². The number of carbonyl (C=O) groups excluding carboxylic acids is 1. The average molecular weight is 453 g/mol. The van der Waals surface area contributed by atoms with Crippen LogP contribution in [0.4, 0.5) is 0 Å². The van der Waals surface area contributed by atoms with Crippen molar-refractivity contribution in [2.45, 2.75) is 71.3 Å². The van der Waals surface area contributed by atoms with Gasteiger partial charge in [-0.3, -0.25) is 0 Å². The van der Waals surface area contributed by atoms with Crippen LogP contribution in [-0.2, 0) is 9.53 Å². The van der Waals surface area contributed by atoms with Gasteiger partial charge in [0, 0.05) is 11.5 Å². The third-order valence-electron chi connectivity index (χ3n) is 8.48. The topological polar surface area (TPSA) is 66.8 Å². The molecule has 1 aromatic rings. The molecule has 0 heterocycles. The van der Waals surface area contributed by atoms with Crippen LogP contribution in [0, 0.1) is 22.7 Å². The summed E-state index contributed by atoms with van der Waals surface area (Å²) < 4.78 is 5.76. The first-order valence-electron chi connectivity index (χ1n) is 12.2. The van der Waals surface area contributed by atoms with Gasteiger partial charge in [-0.25, -0.2) is 4.79 Å². The Morgan fingerprint density at radius 3 is 2.55 bits per heavy atom. The first kappa shape index (κ1) is 25.3. The predicted octanol–water partition coefficient (Wildman–Crippen LogP) is 6.44. The highest BCUT2D eigenvalue weighted by Crippen LogP contribution is 2.63. The average Bonchev–Trinajstić information content (AvgIpc) is 2.76. The van der Waals surface area contributed by atoms with Gasteiger partial charge in [-0.1, -0.05) is 57.2 Å². The molecule has 0 unspecified atom stereocenters. The number of fused-ring (bicyclic) bond motifs is 1. The van der Waals surface area contributed by atoms with Crippen molar-refractivity contribution in [1.82, 2.24) is 0 Å². The Morgan fingerprint density at radius 2 is 1.88 bits per heavy atom. The minimum atomic E-state index is -0.700. The van der Waals surface area contributed by atoms with E-state index in [1.165, 1.54) is 6.08 Å². The third kappa shape index (κ3) is 5.60. The van der Waals surface area contributed by atoms with E-state index in [0.29, 0.717) is 12.5 Å². The molecule has 2 aliphatic carbocycles. The number of phenols is 1. The maximum atomic E-state index is 12.5. The second kappa shape index (κ2) is 9.89. The highest BCUT2D eigenvalue weighted by molar-refractivity contribution is 5.87. The molecule has 2 N–H and O–H groups in total. The van der Waals surface area contributed by atoms with Crippen molar-refractivity contribution >= 4 is 12.0 Å². The second-order valence-electron chi connectivity index (χ2n) is 10.9. The summed E-state index contributed by atoms with van der Waals surface area (Å²) in [5.74, 6) is 0.403. The quantitative estimate of drug-likeness (QED) is 0.270. The number of aromatic hydroxyl groups is 1. The summed E-state index contributed by atoms with van der Waals surface area (Å²) in [5, 5.41) is 20.7. The van der Waals surface area contributed by atoms with Crippen molar-refractivity contribution in [2.75, 3.05) is 6.61 Å². The van der Waals surface area contributed by atoms with E-state index in [1.807, 2.05) is 13.0 Å². The van der Waals surface area contributed by atoms with E-state index in [1.54, 1.807) is 30.3 Å².